The molecule has 0 aliphatic rings. The van der Waals surface area contributed by atoms with Crippen LogP contribution in [0.4, 0.5) is 0 Å². The summed E-state index contributed by atoms with van der Waals surface area (Å²) in [5.41, 5.74) is 0. The summed E-state index contributed by atoms with van der Waals surface area (Å²) in [6, 6.07) is 86.4. The second kappa shape index (κ2) is 48.9. The van der Waals surface area contributed by atoms with Crippen LogP contribution in [0.2, 0.25) is 20.2 Å². The van der Waals surface area contributed by atoms with Gasteiger partial charge in [0.25, 0.3) is 33.3 Å². The fourth-order valence-corrected chi connectivity index (χ4v) is 34.0. The molecule has 3 unspecified atom stereocenters. The molecule has 8 aromatic rings. The Hall–Kier alpha value is -6.12. The van der Waals surface area contributed by atoms with Crippen LogP contribution in [0.25, 0.3) is 0 Å². The third-order valence-electron chi connectivity index (χ3n) is 20.9. The topological polar surface area (TPSA) is 128 Å². The lowest BCUT2D eigenvalue weighted by atomic mass is 10.2. The number of unbranched alkanes of at least 4 members (excludes halogenated alkanes) is 11. The lowest BCUT2D eigenvalue weighted by Crippen LogP contribution is -2.68. The van der Waals surface area contributed by atoms with Gasteiger partial charge in [-0.15, -0.1) is 9.18 Å². The molecule has 11 nitrogen and oxygen atoms in total. The highest BCUT2D eigenvalue weighted by molar-refractivity contribution is 7.15. The van der Waals surface area contributed by atoms with E-state index in [9.17, 15) is 9.59 Å². The summed E-state index contributed by atoms with van der Waals surface area (Å²) in [4.78, 5) is 21.7. The van der Waals surface area contributed by atoms with Crippen molar-refractivity contribution in [3.8, 4) is 0 Å². The number of rotatable bonds is 48. The maximum Gasteiger partial charge on any atom is 0.303 e. The highest BCUT2D eigenvalue weighted by Crippen LogP contribution is 2.41. The van der Waals surface area contributed by atoms with Crippen LogP contribution in [-0.4, -0.2) is 137 Å². The van der Waals surface area contributed by atoms with E-state index in [-0.39, 0.29) is 38.8 Å². The van der Waals surface area contributed by atoms with E-state index in [1.165, 1.54) is 41.5 Å². The van der Waals surface area contributed by atoms with Crippen LogP contribution in [0.3, 0.4) is 0 Å². The molecule has 0 bridgehead atoms. The van der Waals surface area contributed by atoms with Gasteiger partial charge < -0.3 is 46.6 Å². The van der Waals surface area contributed by atoms with E-state index in [4.69, 9.17) is 43.0 Å². The van der Waals surface area contributed by atoms with Gasteiger partial charge in [0.05, 0.1) is 39.9 Å². The van der Waals surface area contributed by atoms with Gasteiger partial charge in [-0.1, -0.05) is 371 Å². The second-order valence-electron chi connectivity index (χ2n) is 33.2. The van der Waals surface area contributed by atoms with Crippen molar-refractivity contribution in [1.82, 2.24) is 0 Å². The van der Waals surface area contributed by atoms with E-state index in [2.05, 4.69) is 326 Å². The molecule has 0 saturated carbocycles. The van der Waals surface area contributed by atoms with Gasteiger partial charge >= 0.3 is 5.97 Å². The van der Waals surface area contributed by atoms with Gasteiger partial charge in [0.1, 0.15) is 6.29 Å². The first kappa shape index (κ1) is 92.1. The van der Waals surface area contributed by atoms with Crippen LogP contribution < -0.4 is 41.5 Å². The van der Waals surface area contributed by atoms with E-state index in [0.717, 1.165) is 103 Å². The summed E-state index contributed by atoms with van der Waals surface area (Å²) < 4.78 is 60.6. The molecule has 16 heteroatoms. The Balaban J connectivity index is 0.000000337. The smallest absolute Gasteiger partial charge is 0.303 e. The molecule has 3 atom stereocenters. The molecule has 0 aliphatic carbocycles. The molecule has 111 heavy (non-hydrogen) atoms. The first-order valence-electron chi connectivity index (χ1n) is 41.5. The van der Waals surface area contributed by atoms with E-state index in [1.807, 2.05) is 6.66 Å². The molecule has 0 spiro atoms. The first-order chi connectivity index (χ1) is 53.9. The summed E-state index contributed by atoms with van der Waals surface area (Å²) in [6.07, 6.45) is 14.8. The number of carbonyl (C=O) groups excluding carboxylic acids is 1. The second-order valence-corrected chi connectivity index (χ2v) is 50.3. The largest absolute Gasteiger partial charge is 0.481 e. The van der Waals surface area contributed by atoms with Crippen LogP contribution >= 0.6 is 9.18 Å². The summed E-state index contributed by atoms with van der Waals surface area (Å²) in [6.45, 7) is 35.4. The van der Waals surface area contributed by atoms with Crippen molar-refractivity contribution in [1.29, 1.82) is 1.28 Å². The predicted molar refractivity (Wildman–Crippen MR) is 479 cm³/mol. The maximum absolute atomic E-state index is 10.9. The van der Waals surface area contributed by atoms with Crippen molar-refractivity contribution in [2.24, 2.45) is 0 Å². The quantitative estimate of drug-likeness (QED) is 0.0169. The summed E-state index contributed by atoms with van der Waals surface area (Å²) in [5, 5.41) is 18.9. The Kier molecular flexibility index (Phi) is 40.6. The lowest BCUT2D eigenvalue weighted by Gasteiger charge is -2.45. The number of carbonyl (C=O) groups is 2. The molecule has 8 aromatic carbocycles. The number of ether oxygens (including phenoxy) is 4. The van der Waals surface area contributed by atoms with Crippen LogP contribution in [0.5, 0.6) is 0 Å². The minimum absolute atomic E-state index is 0.0172. The summed E-state index contributed by atoms with van der Waals surface area (Å²) >= 11 is 0. The molecule has 604 valence electrons. The van der Waals surface area contributed by atoms with E-state index >= 15 is 0 Å². The fraction of sp³-hybridized carbons (Fsp3) is 0.474. The molecule has 8 rings (SSSR count). The van der Waals surface area contributed by atoms with Crippen molar-refractivity contribution in [2.45, 2.75) is 218 Å². The normalized spacial score (nSPS) is 13.2. The SMILES string of the molecule is CC(C)(C)[Si](OCCCCCCOCC(COCCCCCC(=O)O)O[Si](c1ccccc1)(c1ccccc1)C(C)(C)C)(c1ccccc1)c1ccccc1.CC(C)(C)[Si](OCCCCCCOCC(COCCCCCC=O)O[Si](c1ccccc1)(c1ccccc1)C(C)(C)C)(c1ccccc1)c1ccccc1.[2H]PC. The fourth-order valence-electron chi connectivity index (χ4n) is 15.5. The summed E-state index contributed by atoms with van der Waals surface area (Å²) in [5.74, 6) is -0.750. The van der Waals surface area contributed by atoms with E-state index < -0.39 is 39.2 Å². The highest BCUT2D eigenvalue weighted by atomic mass is 31.0. The van der Waals surface area contributed by atoms with Gasteiger partial charge in [0.2, 0.25) is 0 Å². The Morgan fingerprint density at radius 1 is 0.333 bits per heavy atom. The van der Waals surface area contributed by atoms with Crippen LogP contribution in [0.1, 0.15) is 186 Å². The van der Waals surface area contributed by atoms with Gasteiger partial charge in [-0.3, -0.25) is 4.79 Å². The van der Waals surface area contributed by atoms with Crippen LogP contribution in [0, 0.1) is 0 Å². The molecular weight excluding hydrogens is 1460 g/mol. The zero-order valence-electron chi connectivity index (χ0n) is 70.7. The monoisotopic (exact) mass is 1600 g/mol. The van der Waals surface area contributed by atoms with E-state index in [0.29, 0.717) is 74.9 Å². The minimum atomic E-state index is -2.81. The number of hydrogen-bond donors (Lipinski definition) is 1. The van der Waals surface area contributed by atoms with Crippen LogP contribution in [0.15, 0.2) is 243 Å². The molecule has 0 radical (unpaired) electrons. The number of hydrogen-bond acceptors (Lipinski definition) is 10. The van der Waals surface area contributed by atoms with Crippen molar-refractivity contribution in [2.75, 3.05) is 72.7 Å². The number of aliphatic carboxylic acids is 1. The Morgan fingerprint density at radius 3 is 0.739 bits per heavy atom. The highest BCUT2D eigenvalue weighted by Gasteiger charge is 2.54. The molecule has 0 aromatic heterocycles. The Labute approximate surface area is 678 Å². The lowest BCUT2D eigenvalue weighted by molar-refractivity contribution is -0.137. The van der Waals surface area contributed by atoms with Crippen molar-refractivity contribution in [3.05, 3.63) is 243 Å². The van der Waals surface area contributed by atoms with Crippen molar-refractivity contribution < 1.29 is 51.3 Å². The first-order valence-corrected chi connectivity index (χ1v) is 49.7. The molecule has 0 aliphatic heterocycles. The third-order valence-corrected chi connectivity index (χ3v) is 41.1. The van der Waals surface area contributed by atoms with E-state index in [1.54, 1.807) is 0 Å². The summed E-state index contributed by atoms with van der Waals surface area (Å²) in [7, 11) is -10.3. The molecule has 0 fully saturated rings. The average molecular weight is 1600 g/mol. The Morgan fingerprint density at radius 2 is 0.532 bits per heavy atom. The van der Waals surface area contributed by atoms with Crippen molar-refractivity contribution >= 4 is 96.2 Å². The van der Waals surface area contributed by atoms with Crippen molar-refractivity contribution in [3.63, 3.8) is 0 Å². The number of aldehydes is 1. The third kappa shape index (κ3) is 27.8. The molecule has 1 N–H and O–H groups in total. The molecule has 0 saturated heterocycles. The Bertz CT molecular complexity index is 3600. The standard InChI is InChI=1S/C47H66O6Si2.C47H66O5Si2.CH5P/c1-46(2,3)54(41-26-14-9-15-27-41,42-28-16-10-17-29-42)52-37-25-8-7-23-35-50-38-40(39-51-36-24-13-22-34-45(48)49)53-55(47(4,5)6,43-30-18-11-19-31-43)44-32-20-12-21-33-44;1-46(2,3)53(42-27-15-11-16-28-42,43-29-17-12-18-30-43)51-38-26-10-9-25-37-50-40-41(39-49-36-24-8-7-23-35-48)52-54(47(4,5)6,44-31-19-13-20-32-44)45-33-21-14-22-34-45;1-2/h9-12,14-21,26-33,40H,7-8,13,22-25,34-39H2,1-6H3,(H,48,49);11-22,27-35,41H,7-10,23-26,36-40H2,1-6H3;2H2,1H3/i;;2D. The van der Waals surface area contributed by atoms with Gasteiger partial charge in [-0.2, -0.15) is 0 Å². The zero-order chi connectivity index (χ0) is 81.1. The van der Waals surface area contributed by atoms with Crippen LogP contribution in [-0.2, 0) is 46.2 Å². The number of carboxylic acids is 1. The molecule has 0 heterocycles. The average Bonchev–Trinajstić information content (AvgIpc) is 0.779. The predicted octanol–water partition coefficient (Wildman–Crippen LogP) is 18.1. The number of carboxylic acid groups (broad SMARTS) is 1. The number of benzene rings is 8. The van der Waals surface area contributed by atoms with Gasteiger partial charge in [-0.25, -0.2) is 0 Å². The maximum atomic E-state index is 10.9. The minimum Gasteiger partial charge on any atom is -0.481 e. The molecule has 0 amide bonds. The van der Waals surface area contributed by atoms with Gasteiger partial charge in [0, 0.05) is 52.5 Å². The zero-order valence-corrected chi connectivity index (χ0v) is 74.7. The van der Waals surface area contributed by atoms with Gasteiger partial charge in [-0.05, 0) is 113 Å². The van der Waals surface area contributed by atoms with Gasteiger partial charge in [0.15, 0.2) is 0 Å². The molecular formula is C95H137O11PSi4.